The van der Waals surface area contributed by atoms with Gasteiger partial charge in [-0.05, 0) is 40.4 Å². The van der Waals surface area contributed by atoms with Crippen LogP contribution < -0.4 is 0 Å². The summed E-state index contributed by atoms with van der Waals surface area (Å²) in [5, 5.41) is 9.27. The van der Waals surface area contributed by atoms with Crippen molar-refractivity contribution in [1.29, 1.82) is 0 Å². The molecule has 2 unspecified atom stereocenters. The summed E-state index contributed by atoms with van der Waals surface area (Å²) in [6.07, 6.45) is 4.11. The van der Waals surface area contributed by atoms with Crippen molar-refractivity contribution in [2.24, 2.45) is 0 Å². The number of nitrogens with zero attached hydrogens (tertiary/aromatic N) is 2. The summed E-state index contributed by atoms with van der Waals surface area (Å²) >= 11 is 3.39. The zero-order valence-corrected chi connectivity index (χ0v) is 10.9. The fourth-order valence-corrected chi connectivity index (χ4v) is 3.47. The molecule has 0 spiro atoms. The molecule has 1 amide bonds. The minimum atomic E-state index is -0.812. The smallest absolute Gasteiger partial charge is 0.407 e. The van der Waals surface area contributed by atoms with E-state index in [0.29, 0.717) is 12.5 Å². The van der Waals surface area contributed by atoms with Gasteiger partial charge >= 0.3 is 6.09 Å². The van der Waals surface area contributed by atoms with Crippen molar-refractivity contribution in [3.05, 3.63) is 28.0 Å². The van der Waals surface area contributed by atoms with Crippen LogP contribution in [0.25, 0.3) is 0 Å². The second-order valence-electron chi connectivity index (χ2n) is 4.71. The number of aromatic nitrogens is 1. The van der Waals surface area contributed by atoms with Gasteiger partial charge in [0.25, 0.3) is 0 Å². The number of carbonyl (C=O) groups is 1. The molecule has 4 nitrogen and oxygen atoms in total. The van der Waals surface area contributed by atoms with Crippen LogP contribution in [0.2, 0.25) is 0 Å². The van der Waals surface area contributed by atoms with Crippen molar-refractivity contribution in [2.75, 3.05) is 0 Å². The molecule has 0 aromatic carbocycles. The molecule has 1 N–H and O–H groups in total. The van der Waals surface area contributed by atoms with Crippen molar-refractivity contribution < 1.29 is 9.90 Å². The zero-order chi connectivity index (χ0) is 12.0. The Labute approximate surface area is 108 Å². The van der Waals surface area contributed by atoms with E-state index in [1.165, 1.54) is 0 Å². The van der Waals surface area contributed by atoms with Gasteiger partial charge in [-0.1, -0.05) is 6.42 Å². The summed E-state index contributed by atoms with van der Waals surface area (Å²) in [5.41, 5.74) is 2.15. The third kappa shape index (κ3) is 1.73. The predicted molar refractivity (Wildman–Crippen MR) is 65.9 cm³/mol. The molecule has 1 saturated carbocycles. The monoisotopic (exact) mass is 296 g/mol. The normalized spacial score (nSPS) is 26.5. The molecule has 90 valence electrons. The SMILES string of the molecule is O=C(O)N1Cc2cc(Br)cnc2C2CCCC21. The molecular weight excluding hydrogens is 284 g/mol. The van der Waals surface area contributed by atoms with Gasteiger partial charge in [-0.3, -0.25) is 4.98 Å². The van der Waals surface area contributed by atoms with Gasteiger partial charge in [0.15, 0.2) is 0 Å². The van der Waals surface area contributed by atoms with Crippen LogP contribution in [0.15, 0.2) is 16.7 Å². The van der Waals surface area contributed by atoms with Crippen LogP contribution >= 0.6 is 15.9 Å². The summed E-state index contributed by atoms with van der Waals surface area (Å²) in [5.74, 6) is 0.294. The second-order valence-corrected chi connectivity index (χ2v) is 5.63. The lowest BCUT2D eigenvalue weighted by Crippen LogP contribution is -2.44. The Kier molecular flexibility index (Phi) is 2.58. The number of carboxylic acid groups (broad SMARTS) is 1. The Morgan fingerprint density at radius 2 is 2.35 bits per heavy atom. The molecule has 1 aliphatic heterocycles. The van der Waals surface area contributed by atoms with Crippen LogP contribution in [0.3, 0.4) is 0 Å². The van der Waals surface area contributed by atoms with Gasteiger partial charge in [0.2, 0.25) is 0 Å². The molecule has 2 heterocycles. The van der Waals surface area contributed by atoms with Gasteiger partial charge in [-0.25, -0.2) is 4.79 Å². The van der Waals surface area contributed by atoms with Gasteiger partial charge in [0.05, 0.1) is 12.2 Å². The number of rotatable bonds is 0. The first-order chi connectivity index (χ1) is 8.16. The highest BCUT2D eigenvalue weighted by atomic mass is 79.9. The van der Waals surface area contributed by atoms with Crippen molar-refractivity contribution >= 4 is 22.0 Å². The molecule has 2 aliphatic rings. The van der Waals surface area contributed by atoms with E-state index in [4.69, 9.17) is 0 Å². The molecule has 1 aliphatic carbocycles. The van der Waals surface area contributed by atoms with E-state index in [1.807, 2.05) is 12.3 Å². The maximum absolute atomic E-state index is 11.3. The van der Waals surface area contributed by atoms with Crippen LogP contribution in [0, 0.1) is 0 Å². The first-order valence-electron chi connectivity index (χ1n) is 5.80. The number of fused-ring (bicyclic) bond motifs is 3. The molecule has 0 saturated heterocycles. The number of hydrogen-bond acceptors (Lipinski definition) is 2. The largest absolute Gasteiger partial charge is 0.465 e. The van der Waals surface area contributed by atoms with E-state index in [2.05, 4.69) is 20.9 Å². The Morgan fingerprint density at radius 3 is 3.12 bits per heavy atom. The Balaban J connectivity index is 2.06. The van der Waals surface area contributed by atoms with E-state index in [0.717, 1.165) is 35.0 Å². The Hall–Kier alpha value is -1.10. The number of halogens is 1. The topological polar surface area (TPSA) is 53.4 Å². The van der Waals surface area contributed by atoms with E-state index in [-0.39, 0.29) is 6.04 Å². The fraction of sp³-hybridized carbons (Fsp3) is 0.500. The lowest BCUT2D eigenvalue weighted by molar-refractivity contribution is 0.110. The van der Waals surface area contributed by atoms with Crippen LogP contribution in [0.4, 0.5) is 4.79 Å². The number of hydrogen-bond donors (Lipinski definition) is 1. The molecule has 1 fully saturated rings. The maximum Gasteiger partial charge on any atom is 0.407 e. The minimum Gasteiger partial charge on any atom is -0.465 e. The lowest BCUT2D eigenvalue weighted by atomic mass is 9.90. The average Bonchev–Trinajstić information content (AvgIpc) is 2.76. The summed E-state index contributed by atoms with van der Waals surface area (Å²) < 4.78 is 0.915. The van der Waals surface area contributed by atoms with E-state index in [9.17, 15) is 9.90 Å². The molecule has 1 aromatic rings. The molecular formula is C12H13BrN2O2. The summed E-state index contributed by atoms with van der Waals surface area (Å²) in [6.45, 7) is 0.471. The molecule has 1 aromatic heterocycles. The highest BCUT2D eigenvalue weighted by Crippen LogP contribution is 2.42. The van der Waals surface area contributed by atoms with Crippen molar-refractivity contribution in [2.45, 2.75) is 37.8 Å². The first-order valence-corrected chi connectivity index (χ1v) is 6.60. The summed E-state index contributed by atoms with van der Waals surface area (Å²) in [4.78, 5) is 17.4. The Morgan fingerprint density at radius 1 is 1.53 bits per heavy atom. The number of pyridine rings is 1. The maximum atomic E-state index is 11.3. The highest BCUT2D eigenvalue weighted by molar-refractivity contribution is 9.10. The minimum absolute atomic E-state index is 0.133. The van der Waals surface area contributed by atoms with Crippen LogP contribution in [0.5, 0.6) is 0 Å². The van der Waals surface area contributed by atoms with Crippen molar-refractivity contribution in [3.8, 4) is 0 Å². The Bertz CT molecular complexity index is 478. The molecule has 2 atom stereocenters. The molecule has 5 heteroatoms. The standard InChI is InChI=1S/C12H13BrN2O2/c13-8-4-7-6-15(12(16)17)10-3-1-2-9(10)11(7)14-5-8/h4-5,9-10H,1-3,6H2,(H,16,17). The summed E-state index contributed by atoms with van der Waals surface area (Å²) in [6, 6.07) is 2.13. The van der Waals surface area contributed by atoms with Gasteiger partial charge in [-0.15, -0.1) is 0 Å². The van der Waals surface area contributed by atoms with Gasteiger partial charge < -0.3 is 10.0 Å². The van der Waals surface area contributed by atoms with Crippen LogP contribution in [-0.4, -0.2) is 27.1 Å². The second kappa shape index (κ2) is 3.98. The third-order valence-corrected chi connectivity index (χ3v) is 4.22. The van der Waals surface area contributed by atoms with Gasteiger partial charge in [-0.2, -0.15) is 0 Å². The van der Waals surface area contributed by atoms with Crippen LogP contribution in [0.1, 0.15) is 36.4 Å². The lowest BCUT2D eigenvalue weighted by Gasteiger charge is -2.36. The highest BCUT2D eigenvalue weighted by Gasteiger charge is 2.41. The van der Waals surface area contributed by atoms with Gasteiger partial charge in [0, 0.05) is 22.6 Å². The third-order valence-electron chi connectivity index (χ3n) is 3.79. The summed E-state index contributed by atoms with van der Waals surface area (Å²) in [7, 11) is 0. The molecule has 17 heavy (non-hydrogen) atoms. The average molecular weight is 297 g/mol. The predicted octanol–water partition coefficient (Wildman–Crippen LogP) is 2.97. The van der Waals surface area contributed by atoms with Gasteiger partial charge in [0.1, 0.15) is 0 Å². The quantitative estimate of drug-likeness (QED) is 0.801. The first kappa shape index (κ1) is 11.0. The number of amides is 1. The fourth-order valence-electron chi connectivity index (χ4n) is 3.10. The van der Waals surface area contributed by atoms with Crippen LogP contribution in [-0.2, 0) is 6.54 Å². The molecule has 0 radical (unpaired) electrons. The van der Waals surface area contributed by atoms with Crippen molar-refractivity contribution in [1.82, 2.24) is 9.88 Å². The van der Waals surface area contributed by atoms with E-state index in [1.54, 1.807) is 4.90 Å². The van der Waals surface area contributed by atoms with E-state index < -0.39 is 6.09 Å². The molecule has 3 rings (SSSR count). The zero-order valence-electron chi connectivity index (χ0n) is 9.27. The molecule has 0 bridgehead atoms. The van der Waals surface area contributed by atoms with Crippen molar-refractivity contribution in [3.63, 3.8) is 0 Å². The van der Waals surface area contributed by atoms with E-state index >= 15 is 0 Å².